The number of nitrogens with zero attached hydrogens (tertiary/aromatic N) is 1. The van der Waals surface area contributed by atoms with E-state index in [0.717, 1.165) is 30.0 Å². The molecule has 3 rings (SSSR count). The molecule has 0 atom stereocenters. The molecule has 0 aromatic heterocycles. The molecule has 0 radical (unpaired) electrons. The lowest BCUT2D eigenvalue weighted by atomic mass is 10.1. The monoisotopic (exact) mass is 348 g/mol. The van der Waals surface area contributed by atoms with E-state index >= 15 is 0 Å². The molecule has 108 valence electrons. The summed E-state index contributed by atoms with van der Waals surface area (Å²) in [5.41, 5.74) is 3.30. The Morgan fingerprint density at radius 3 is 2.90 bits per heavy atom. The van der Waals surface area contributed by atoms with Gasteiger partial charge in [0.15, 0.2) is 0 Å². The quantitative estimate of drug-likeness (QED) is 0.672. The van der Waals surface area contributed by atoms with Crippen LogP contribution in [0.2, 0.25) is 0 Å². The van der Waals surface area contributed by atoms with Crippen molar-refractivity contribution in [3.63, 3.8) is 0 Å². The predicted molar refractivity (Wildman–Crippen MR) is 83.8 cm³/mol. The molecule has 0 unspecified atom stereocenters. The largest absolute Gasteiger partial charge is 0.493 e. The molecule has 2 aromatic carbocycles. The average Bonchev–Trinajstić information content (AvgIpc) is 2.92. The van der Waals surface area contributed by atoms with E-state index in [1.165, 1.54) is 11.6 Å². The Labute approximate surface area is 130 Å². The molecule has 0 bridgehead atoms. The second-order valence-corrected chi connectivity index (χ2v) is 5.67. The maximum absolute atomic E-state index is 10.8. The smallest absolute Gasteiger partial charge is 0.283 e. The van der Waals surface area contributed by atoms with E-state index in [-0.39, 0.29) is 5.69 Å². The molecule has 0 saturated carbocycles. The summed E-state index contributed by atoms with van der Waals surface area (Å²) in [6, 6.07) is 11.1. The van der Waals surface area contributed by atoms with Crippen LogP contribution in [0.5, 0.6) is 5.75 Å². The first-order valence-electron chi connectivity index (χ1n) is 6.56. The van der Waals surface area contributed by atoms with Crippen molar-refractivity contribution in [2.45, 2.75) is 13.0 Å². The van der Waals surface area contributed by atoms with Gasteiger partial charge in [-0.15, -0.1) is 0 Å². The molecule has 1 heterocycles. The highest BCUT2D eigenvalue weighted by Gasteiger charge is 2.13. The van der Waals surface area contributed by atoms with Crippen LogP contribution in [0.1, 0.15) is 11.1 Å². The standard InChI is InChI=1S/C15H13BrN2O3/c16-13-8-12(2-3-14(13)18(19)20)17-9-10-1-4-15-11(7-10)5-6-21-15/h1-4,7-8,17H,5-6,9H2. The van der Waals surface area contributed by atoms with Gasteiger partial charge in [-0.2, -0.15) is 0 Å². The van der Waals surface area contributed by atoms with E-state index < -0.39 is 4.92 Å². The Morgan fingerprint density at radius 2 is 2.14 bits per heavy atom. The number of fused-ring (bicyclic) bond motifs is 1. The van der Waals surface area contributed by atoms with E-state index in [2.05, 4.69) is 27.3 Å². The fourth-order valence-electron chi connectivity index (χ4n) is 2.32. The molecule has 5 nitrogen and oxygen atoms in total. The highest BCUT2D eigenvalue weighted by Crippen LogP contribution is 2.29. The van der Waals surface area contributed by atoms with Crippen molar-refractivity contribution in [1.82, 2.24) is 0 Å². The molecule has 0 saturated heterocycles. The third kappa shape index (κ3) is 3.00. The third-order valence-electron chi connectivity index (χ3n) is 3.39. The van der Waals surface area contributed by atoms with Crippen molar-refractivity contribution in [1.29, 1.82) is 0 Å². The van der Waals surface area contributed by atoms with Gasteiger partial charge in [0.1, 0.15) is 5.75 Å². The van der Waals surface area contributed by atoms with E-state index in [0.29, 0.717) is 11.0 Å². The zero-order valence-corrected chi connectivity index (χ0v) is 12.7. The van der Waals surface area contributed by atoms with Crippen LogP contribution in [0.15, 0.2) is 40.9 Å². The second-order valence-electron chi connectivity index (χ2n) is 4.82. The molecular weight excluding hydrogens is 336 g/mol. The summed E-state index contributed by atoms with van der Waals surface area (Å²) in [6.45, 7) is 1.42. The Morgan fingerprint density at radius 1 is 1.29 bits per heavy atom. The molecule has 21 heavy (non-hydrogen) atoms. The van der Waals surface area contributed by atoms with E-state index in [4.69, 9.17) is 4.74 Å². The lowest BCUT2D eigenvalue weighted by Crippen LogP contribution is -2.00. The van der Waals surface area contributed by atoms with Crippen molar-refractivity contribution in [3.8, 4) is 5.75 Å². The van der Waals surface area contributed by atoms with Gasteiger partial charge < -0.3 is 10.1 Å². The molecule has 0 aliphatic carbocycles. The Bertz CT molecular complexity index is 703. The van der Waals surface area contributed by atoms with E-state index in [9.17, 15) is 10.1 Å². The van der Waals surface area contributed by atoms with Gasteiger partial charge in [-0.05, 0) is 45.3 Å². The normalized spacial score (nSPS) is 12.6. The first-order chi connectivity index (χ1) is 10.1. The molecule has 0 spiro atoms. The van der Waals surface area contributed by atoms with Crippen molar-refractivity contribution in [2.24, 2.45) is 0 Å². The number of nitro benzene ring substituents is 1. The minimum absolute atomic E-state index is 0.0650. The highest BCUT2D eigenvalue weighted by atomic mass is 79.9. The van der Waals surface area contributed by atoms with Gasteiger partial charge in [-0.25, -0.2) is 0 Å². The average molecular weight is 349 g/mol. The zero-order chi connectivity index (χ0) is 14.8. The van der Waals surface area contributed by atoms with Crippen LogP contribution < -0.4 is 10.1 Å². The number of halogens is 1. The van der Waals surface area contributed by atoms with Crippen molar-refractivity contribution < 1.29 is 9.66 Å². The fourth-order valence-corrected chi connectivity index (χ4v) is 2.84. The minimum atomic E-state index is -0.408. The van der Waals surface area contributed by atoms with Crippen molar-refractivity contribution in [2.75, 3.05) is 11.9 Å². The van der Waals surface area contributed by atoms with Crippen LogP contribution in [0.3, 0.4) is 0 Å². The maximum Gasteiger partial charge on any atom is 0.283 e. The molecule has 0 fully saturated rings. The Hall–Kier alpha value is -2.08. The fraction of sp³-hybridized carbons (Fsp3) is 0.200. The van der Waals surface area contributed by atoms with Crippen molar-refractivity contribution in [3.05, 3.63) is 62.1 Å². The zero-order valence-electron chi connectivity index (χ0n) is 11.1. The van der Waals surface area contributed by atoms with Gasteiger partial charge >= 0.3 is 0 Å². The minimum Gasteiger partial charge on any atom is -0.493 e. The summed E-state index contributed by atoms with van der Waals surface area (Å²) in [4.78, 5) is 10.4. The molecule has 0 amide bonds. The Kier molecular flexibility index (Phi) is 3.79. The topological polar surface area (TPSA) is 64.4 Å². The van der Waals surface area contributed by atoms with Crippen LogP contribution in [-0.4, -0.2) is 11.5 Å². The number of ether oxygens (including phenoxy) is 1. The van der Waals surface area contributed by atoms with Crippen LogP contribution in [0.25, 0.3) is 0 Å². The lowest BCUT2D eigenvalue weighted by molar-refractivity contribution is -0.385. The number of nitro groups is 1. The van der Waals surface area contributed by atoms with Crippen molar-refractivity contribution >= 4 is 27.3 Å². The van der Waals surface area contributed by atoms with Crippen LogP contribution in [0, 0.1) is 10.1 Å². The summed E-state index contributed by atoms with van der Waals surface area (Å²) in [5.74, 6) is 0.969. The summed E-state index contributed by atoms with van der Waals surface area (Å²) in [7, 11) is 0. The molecule has 6 heteroatoms. The number of hydrogen-bond acceptors (Lipinski definition) is 4. The van der Waals surface area contributed by atoms with E-state index in [1.54, 1.807) is 12.1 Å². The van der Waals surface area contributed by atoms with Gasteiger partial charge in [0.2, 0.25) is 0 Å². The predicted octanol–water partition coefficient (Wildman–Crippen LogP) is 3.90. The van der Waals surface area contributed by atoms with Crippen LogP contribution in [-0.2, 0) is 13.0 Å². The molecule has 1 N–H and O–H groups in total. The summed E-state index contributed by atoms with van der Waals surface area (Å²) < 4.78 is 5.95. The SMILES string of the molecule is O=[N+]([O-])c1ccc(NCc2ccc3c(c2)CCO3)cc1Br. The molecule has 1 aliphatic heterocycles. The van der Waals surface area contributed by atoms with Gasteiger partial charge in [-0.3, -0.25) is 10.1 Å². The first-order valence-corrected chi connectivity index (χ1v) is 7.35. The molecule has 1 aliphatic rings. The van der Waals surface area contributed by atoms with E-state index in [1.807, 2.05) is 12.1 Å². The van der Waals surface area contributed by atoms with Gasteiger partial charge in [0.25, 0.3) is 5.69 Å². The summed E-state index contributed by atoms with van der Waals surface area (Å²) >= 11 is 3.22. The molecular formula is C15H13BrN2O3. The number of benzene rings is 2. The summed E-state index contributed by atoms with van der Waals surface area (Å²) in [6.07, 6.45) is 0.951. The summed E-state index contributed by atoms with van der Waals surface area (Å²) in [5, 5.41) is 14.0. The molecule has 2 aromatic rings. The van der Waals surface area contributed by atoms with Crippen LogP contribution in [0.4, 0.5) is 11.4 Å². The first kappa shape index (κ1) is 13.9. The third-order valence-corrected chi connectivity index (χ3v) is 4.03. The number of rotatable bonds is 4. The van der Waals surface area contributed by atoms with Gasteiger partial charge in [-0.1, -0.05) is 12.1 Å². The number of hydrogen-bond donors (Lipinski definition) is 1. The maximum atomic E-state index is 10.8. The second kappa shape index (κ2) is 5.73. The van der Waals surface area contributed by atoms with Gasteiger partial charge in [0, 0.05) is 24.7 Å². The lowest BCUT2D eigenvalue weighted by Gasteiger charge is -2.08. The number of nitrogens with one attached hydrogen (secondary N) is 1. The number of anilines is 1. The van der Waals surface area contributed by atoms with Gasteiger partial charge in [0.05, 0.1) is 16.0 Å². The Balaban J connectivity index is 1.70. The highest BCUT2D eigenvalue weighted by molar-refractivity contribution is 9.10. The van der Waals surface area contributed by atoms with Crippen LogP contribution >= 0.6 is 15.9 Å².